The zero-order valence-corrected chi connectivity index (χ0v) is 9.23. The minimum atomic E-state index is -0.312. The summed E-state index contributed by atoms with van der Waals surface area (Å²) >= 11 is 0. The third-order valence-corrected chi connectivity index (χ3v) is 1.37. The number of rotatable bonds is 2. The van der Waals surface area contributed by atoms with Crippen LogP contribution >= 0.6 is 0 Å². The van der Waals surface area contributed by atoms with Crippen LogP contribution in [-0.4, -0.2) is 21.8 Å². The second-order valence-corrected chi connectivity index (χ2v) is 4.34. The highest BCUT2D eigenvalue weighted by atomic mass is 28.1. The van der Waals surface area contributed by atoms with Crippen LogP contribution in [0.1, 0.15) is 27.2 Å². The van der Waals surface area contributed by atoms with Gasteiger partial charge in [-0.1, -0.05) is 6.04 Å². The maximum Gasteiger partial charge on any atom is 0.305 e. The van der Waals surface area contributed by atoms with E-state index >= 15 is 0 Å². The van der Waals surface area contributed by atoms with Crippen molar-refractivity contribution in [3.63, 3.8) is 0 Å². The molecule has 0 aliphatic heterocycles. The molecule has 0 heterocycles. The molecule has 0 amide bonds. The monoisotopic (exact) mass is 160 g/mol. The number of hydrogen-bond donors (Lipinski definition) is 0. The lowest BCUT2D eigenvalue weighted by atomic mass is 10.2. The Morgan fingerprint density at radius 3 is 2.30 bits per heavy atom. The van der Waals surface area contributed by atoms with Crippen molar-refractivity contribution >= 4 is 16.2 Å². The SMILES string of the molecule is CC(C)(C)OC(=O)CC[SiH3]. The van der Waals surface area contributed by atoms with Crippen LogP contribution in [0.4, 0.5) is 0 Å². The first-order valence-corrected chi connectivity index (χ1v) is 5.09. The summed E-state index contributed by atoms with van der Waals surface area (Å²) in [5, 5.41) is 0. The van der Waals surface area contributed by atoms with E-state index in [4.69, 9.17) is 4.74 Å². The number of esters is 1. The van der Waals surface area contributed by atoms with E-state index in [-0.39, 0.29) is 11.6 Å². The molecule has 0 rings (SSSR count). The molecule has 0 unspecified atom stereocenters. The van der Waals surface area contributed by atoms with Gasteiger partial charge in [-0.2, -0.15) is 0 Å². The van der Waals surface area contributed by atoms with Gasteiger partial charge in [0.05, 0.1) is 0 Å². The van der Waals surface area contributed by atoms with Crippen LogP contribution < -0.4 is 0 Å². The predicted molar refractivity (Wildman–Crippen MR) is 45.2 cm³/mol. The van der Waals surface area contributed by atoms with Crippen LogP contribution in [0.25, 0.3) is 0 Å². The van der Waals surface area contributed by atoms with E-state index in [1.54, 1.807) is 0 Å². The third-order valence-electron chi connectivity index (χ3n) is 0.874. The van der Waals surface area contributed by atoms with Gasteiger partial charge < -0.3 is 4.74 Å². The summed E-state index contributed by atoms with van der Waals surface area (Å²) in [6, 6.07) is 0.995. The molecule has 0 aromatic rings. The molecule has 0 saturated carbocycles. The first-order valence-electron chi connectivity index (χ1n) is 3.67. The summed E-state index contributed by atoms with van der Waals surface area (Å²) in [5.41, 5.74) is -0.312. The van der Waals surface area contributed by atoms with Gasteiger partial charge in [-0.25, -0.2) is 0 Å². The zero-order chi connectivity index (χ0) is 8.20. The number of hydrogen-bond acceptors (Lipinski definition) is 2. The van der Waals surface area contributed by atoms with Crippen molar-refractivity contribution in [3.8, 4) is 0 Å². The van der Waals surface area contributed by atoms with Crippen LogP contribution in [0.3, 0.4) is 0 Å². The molecule has 0 aliphatic carbocycles. The molecule has 0 fully saturated rings. The molecule has 3 heteroatoms. The molecule has 0 bridgehead atoms. The van der Waals surface area contributed by atoms with E-state index in [1.807, 2.05) is 20.8 Å². The first kappa shape index (κ1) is 9.69. The van der Waals surface area contributed by atoms with E-state index in [0.29, 0.717) is 6.42 Å². The van der Waals surface area contributed by atoms with Gasteiger partial charge >= 0.3 is 5.97 Å². The average Bonchev–Trinajstić information content (AvgIpc) is 1.59. The topological polar surface area (TPSA) is 26.3 Å². The highest BCUT2D eigenvalue weighted by Crippen LogP contribution is 2.08. The average molecular weight is 160 g/mol. The second kappa shape index (κ2) is 3.76. The molecule has 0 radical (unpaired) electrons. The van der Waals surface area contributed by atoms with Crippen molar-refractivity contribution in [2.45, 2.75) is 38.8 Å². The van der Waals surface area contributed by atoms with Crippen LogP contribution in [0.15, 0.2) is 0 Å². The Balaban J connectivity index is 3.58. The molecule has 10 heavy (non-hydrogen) atoms. The molecule has 0 saturated heterocycles. The Morgan fingerprint density at radius 1 is 1.50 bits per heavy atom. The number of ether oxygens (including phenoxy) is 1. The van der Waals surface area contributed by atoms with E-state index < -0.39 is 0 Å². The van der Waals surface area contributed by atoms with Crippen molar-refractivity contribution in [3.05, 3.63) is 0 Å². The Kier molecular flexibility index (Phi) is 3.64. The standard InChI is InChI=1S/C7H16O2Si/c1-7(2,3)9-6(8)4-5-10/h4-5H2,1-3,10H3. The molecule has 0 atom stereocenters. The molecule has 0 aromatic carbocycles. The van der Waals surface area contributed by atoms with Crippen molar-refractivity contribution in [1.82, 2.24) is 0 Å². The maximum atomic E-state index is 10.9. The Morgan fingerprint density at radius 2 is 2.00 bits per heavy atom. The van der Waals surface area contributed by atoms with Gasteiger partial charge in [0.2, 0.25) is 0 Å². The van der Waals surface area contributed by atoms with Crippen LogP contribution in [0, 0.1) is 0 Å². The van der Waals surface area contributed by atoms with Crippen molar-refractivity contribution in [2.24, 2.45) is 0 Å². The van der Waals surface area contributed by atoms with Crippen molar-refractivity contribution in [2.75, 3.05) is 0 Å². The normalized spacial score (nSPS) is 11.5. The van der Waals surface area contributed by atoms with E-state index in [0.717, 1.165) is 16.3 Å². The van der Waals surface area contributed by atoms with Gasteiger partial charge in [0.1, 0.15) is 5.60 Å². The summed E-state index contributed by atoms with van der Waals surface area (Å²) in [6.45, 7) is 5.66. The molecular weight excluding hydrogens is 144 g/mol. The molecule has 0 aliphatic rings. The molecule has 2 nitrogen and oxygen atoms in total. The van der Waals surface area contributed by atoms with E-state index in [9.17, 15) is 4.79 Å². The Hall–Kier alpha value is -0.313. The minimum absolute atomic E-state index is 0.0671. The smallest absolute Gasteiger partial charge is 0.305 e. The van der Waals surface area contributed by atoms with E-state index in [2.05, 4.69) is 0 Å². The fraction of sp³-hybridized carbons (Fsp3) is 0.857. The lowest BCUT2D eigenvalue weighted by molar-refractivity contribution is -0.154. The van der Waals surface area contributed by atoms with Gasteiger partial charge in [0.25, 0.3) is 0 Å². The van der Waals surface area contributed by atoms with Gasteiger partial charge in [-0.05, 0) is 20.8 Å². The molecule has 0 N–H and O–H groups in total. The third kappa shape index (κ3) is 5.82. The minimum Gasteiger partial charge on any atom is -0.460 e. The van der Waals surface area contributed by atoms with Crippen LogP contribution in [-0.2, 0) is 9.53 Å². The van der Waals surface area contributed by atoms with Crippen LogP contribution in [0.5, 0.6) is 0 Å². The molecular formula is C7H16O2Si. The molecule has 0 aromatic heterocycles. The highest BCUT2D eigenvalue weighted by Gasteiger charge is 2.14. The predicted octanol–water partition coefficient (Wildman–Crippen LogP) is 0.502. The summed E-state index contributed by atoms with van der Waals surface area (Å²) in [6.07, 6.45) is 0.587. The number of carbonyl (C=O) groups excluding carboxylic acids is 1. The van der Waals surface area contributed by atoms with Crippen molar-refractivity contribution < 1.29 is 9.53 Å². The zero-order valence-electron chi connectivity index (χ0n) is 7.23. The summed E-state index contributed by atoms with van der Waals surface area (Å²) in [4.78, 5) is 10.9. The van der Waals surface area contributed by atoms with Gasteiger partial charge in [-0.15, -0.1) is 0 Å². The maximum absolute atomic E-state index is 10.9. The summed E-state index contributed by atoms with van der Waals surface area (Å²) in [7, 11) is 1.08. The summed E-state index contributed by atoms with van der Waals surface area (Å²) in [5.74, 6) is -0.0671. The Bertz CT molecular complexity index is 115. The molecule has 60 valence electrons. The summed E-state index contributed by atoms with van der Waals surface area (Å²) < 4.78 is 5.06. The fourth-order valence-corrected chi connectivity index (χ4v) is 1.00. The van der Waals surface area contributed by atoms with Gasteiger partial charge in [-0.3, -0.25) is 4.79 Å². The number of carbonyl (C=O) groups is 1. The fourth-order valence-electron chi connectivity index (χ4n) is 0.597. The largest absolute Gasteiger partial charge is 0.460 e. The van der Waals surface area contributed by atoms with Crippen LogP contribution in [0.2, 0.25) is 6.04 Å². The first-order chi connectivity index (χ1) is 4.45. The second-order valence-electron chi connectivity index (χ2n) is 3.34. The lowest BCUT2D eigenvalue weighted by Gasteiger charge is -2.18. The van der Waals surface area contributed by atoms with Crippen molar-refractivity contribution in [1.29, 1.82) is 0 Å². The molecule has 0 spiro atoms. The lowest BCUT2D eigenvalue weighted by Crippen LogP contribution is -2.23. The Labute approximate surface area is 65.4 Å². The quantitative estimate of drug-likeness (QED) is 0.434. The van der Waals surface area contributed by atoms with Gasteiger partial charge in [0, 0.05) is 16.7 Å². The highest BCUT2D eigenvalue weighted by molar-refractivity contribution is 6.09. The van der Waals surface area contributed by atoms with Gasteiger partial charge in [0.15, 0.2) is 0 Å². The van der Waals surface area contributed by atoms with E-state index in [1.165, 1.54) is 0 Å².